The number of amides is 1. The van der Waals surface area contributed by atoms with Crippen molar-refractivity contribution in [3.05, 3.63) is 71.5 Å². The number of primary amides is 1. The van der Waals surface area contributed by atoms with Crippen LogP contribution in [0.5, 0.6) is 11.5 Å². The lowest BCUT2D eigenvalue weighted by Crippen LogP contribution is -2.17. The summed E-state index contributed by atoms with van der Waals surface area (Å²) in [6.07, 6.45) is 2.41. The summed E-state index contributed by atoms with van der Waals surface area (Å²) >= 11 is 0. The molecule has 1 heterocycles. The fourth-order valence-electron chi connectivity index (χ4n) is 3.82. The highest BCUT2D eigenvalue weighted by molar-refractivity contribution is 6.11. The summed E-state index contributed by atoms with van der Waals surface area (Å²) in [6.45, 7) is 1.97. The SMILES string of the molecule is CCCCc1oc2ccccc2c1C(=O)Oc1ccc2cc(OCC#N)ccc2c1C(N)=O. The summed E-state index contributed by atoms with van der Waals surface area (Å²) in [5.74, 6) is -0.227. The molecule has 0 atom stereocenters. The number of rotatable bonds is 8. The second kappa shape index (κ2) is 9.45. The van der Waals surface area contributed by atoms with Crippen LogP contribution in [0.1, 0.15) is 46.2 Å². The first-order valence-electron chi connectivity index (χ1n) is 10.6. The number of nitrogens with zero attached hydrogens (tertiary/aromatic N) is 1. The van der Waals surface area contributed by atoms with Crippen LogP contribution in [0.4, 0.5) is 0 Å². The molecule has 0 aliphatic carbocycles. The molecule has 166 valence electrons. The van der Waals surface area contributed by atoms with Crippen molar-refractivity contribution in [2.75, 3.05) is 6.61 Å². The van der Waals surface area contributed by atoms with Gasteiger partial charge >= 0.3 is 5.97 Å². The Morgan fingerprint density at radius 2 is 1.88 bits per heavy atom. The Balaban J connectivity index is 1.74. The predicted octanol–water partition coefficient (Wildman–Crippen LogP) is 5.15. The maximum atomic E-state index is 13.3. The number of hydrogen-bond donors (Lipinski definition) is 1. The summed E-state index contributed by atoms with van der Waals surface area (Å²) in [6, 6.07) is 17.4. The Kier molecular flexibility index (Phi) is 6.27. The zero-order chi connectivity index (χ0) is 23.4. The number of aryl methyl sites for hydroxylation is 1. The van der Waals surface area contributed by atoms with Gasteiger partial charge in [0.2, 0.25) is 0 Å². The van der Waals surface area contributed by atoms with Gasteiger partial charge in [-0.1, -0.05) is 37.6 Å². The highest BCUT2D eigenvalue weighted by Crippen LogP contribution is 2.33. The minimum Gasteiger partial charge on any atom is -0.479 e. The molecule has 1 aromatic heterocycles. The number of para-hydroxylation sites is 1. The van der Waals surface area contributed by atoms with E-state index in [4.69, 9.17) is 24.9 Å². The topological polar surface area (TPSA) is 116 Å². The zero-order valence-electron chi connectivity index (χ0n) is 18.1. The smallest absolute Gasteiger partial charge is 0.347 e. The van der Waals surface area contributed by atoms with Gasteiger partial charge in [-0.2, -0.15) is 5.26 Å². The van der Waals surface area contributed by atoms with Gasteiger partial charge in [-0.05, 0) is 47.5 Å². The Labute approximate surface area is 190 Å². The number of benzene rings is 3. The van der Waals surface area contributed by atoms with Crippen molar-refractivity contribution < 1.29 is 23.5 Å². The second-order valence-electron chi connectivity index (χ2n) is 7.52. The van der Waals surface area contributed by atoms with Gasteiger partial charge in [0.05, 0.1) is 5.56 Å². The maximum Gasteiger partial charge on any atom is 0.347 e. The van der Waals surface area contributed by atoms with Crippen molar-refractivity contribution in [3.63, 3.8) is 0 Å². The minimum atomic E-state index is -0.725. The lowest BCUT2D eigenvalue weighted by Gasteiger charge is -2.12. The van der Waals surface area contributed by atoms with Gasteiger partial charge in [-0.25, -0.2) is 4.79 Å². The molecule has 3 aromatic carbocycles. The number of fused-ring (bicyclic) bond motifs is 2. The molecule has 0 bridgehead atoms. The Hall–Kier alpha value is -4.31. The molecule has 0 aliphatic heterocycles. The van der Waals surface area contributed by atoms with Gasteiger partial charge in [0.25, 0.3) is 5.91 Å². The van der Waals surface area contributed by atoms with E-state index in [2.05, 4.69) is 6.92 Å². The lowest BCUT2D eigenvalue weighted by atomic mass is 10.0. The number of nitrogens with two attached hydrogens (primary N) is 1. The first kappa shape index (κ1) is 21.9. The molecule has 4 aromatic rings. The predicted molar refractivity (Wildman–Crippen MR) is 123 cm³/mol. The van der Waals surface area contributed by atoms with Crippen LogP contribution in [0.2, 0.25) is 0 Å². The van der Waals surface area contributed by atoms with Gasteiger partial charge in [0.15, 0.2) is 6.61 Å². The van der Waals surface area contributed by atoms with E-state index < -0.39 is 11.9 Å². The molecule has 4 rings (SSSR count). The maximum absolute atomic E-state index is 13.3. The fraction of sp³-hybridized carbons (Fsp3) is 0.192. The fourth-order valence-corrected chi connectivity index (χ4v) is 3.82. The third-order valence-corrected chi connectivity index (χ3v) is 5.34. The summed E-state index contributed by atoms with van der Waals surface area (Å²) in [5, 5.41) is 10.5. The number of hydrogen-bond acceptors (Lipinski definition) is 6. The van der Waals surface area contributed by atoms with E-state index in [0.29, 0.717) is 45.2 Å². The molecule has 2 N–H and O–H groups in total. The molecule has 1 amide bonds. The second-order valence-corrected chi connectivity index (χ2v) is 7.52. The molecule has 0 radical (unpaired) electrons. The third kappa shape index (κ3) is 4.37. The average Bonchev–Trinajstić information content (AvgIpc) is 3.19. The standard InChI is InChI=1S/C26H22N2O5/c1-2-3-7-21-24(19-6-4-5-8-20(19)32-21)26(30)33-22-12-9-16-15-17(31-14-13-27)10-11-18(16)23(22)25(28)29/h4-6,8-12,15H,2-3,7,14H2,1H3,(H2,28,29). The highest BCUT2D eigenvalue weighted by atomic mass is 16.5. The van der Waals surface area contributed by atoms with Crippen LogP contribution in [-0.2, 0) is 6.42 Å². The normalized spacial score (nSPS) is 10.8. The molecule has 0 saturated carbocycles. The first-order valence-corrected chi connectivity index (χ1v) is 10.6. The van der Waals surface area contributed by atoms with Crippen molar-refractivity contribution in [2.45, 2.75) is 26.2 Å². The van der Waals surface area contributed by atoms with E-state index in [1.165, 1.54) is 6.07 Å². The van der Waals surface area contributed by atoms with Gasteiger partial charge in [0.1, 0.15) is 34.5 Å². The van der Waals surface area contributed by atoms with E-state index in [9.17, 15) is 9.59 Å². The van der Waals surface area contributed by atoms with E-state index in [1.54, 1.807) is 30.3 Å². The number of ether oxygens (including phenoxy) is 2. The van der Waals surface area contributed by atoms with Crippen molar-refractivity contribution in [2.24, 2.45) is 5.73 Å². The number of nitriles is 1. The van der Waals surface area contributed by atoms with Crippen LogP contribution in [0.25, 0.3) is 21.7 Å². The van der Waals surface area contributed by atoms with Gasteiger partial charge in [-0.15, -0.1) is 0 Å². The third-order valence-electron chi connectivity index (χ3n) is 5.34. The molecule has 0 unspecified atom stereocenters. The van der Waals surface area contributed by atoms with Gasteiger partial charge < -0.3 is 19.6 Å². The summed E-state index contributed by atoms with van der Waals surface area (Å²) < 4.78 is 17.0. The Morgan fingerprint density at radius 1 is 1.06 bits per heavy atom. The van der Waals surface area contributed by atoms with E-state index in [1.807, 2.05) is 24.3 Å². The average molecular weight is 442 g/mol. The quantitative estimate of drug-likeness (QED) is 0.298. The zero-order valence-corrected chi connectivity index (χ0v) is 18.1. The van der Waals surface area contributed by atoms with Gasteiger partial charge in [0, 0.05) is 11.8 Å². The number of carbonyl (C=O) groups excluding carboxylic acids is 2. The van der Waals surface area contributed by atoms with Crippen LogP contribution >= 0.6 is 0 Å². The lowest BCUT2D eigenvalue weighted by molar-refractivity contribution is 0.0732. The summed E-state index contributed by atoms with van der Waals surface area (Å²) in [5.41, 5.74) is 6.71. The first-order chi connectivity index (χ1) is 16.0. The monoisotopic (exact) mass is 442 g/mol. The minimum absolute atomic E-state index is 0.0671. The summed E-state index contributed by atoms with van der Waals surface area (Å²) in [7, 11) is 0. The molecule has 0 fully saturated rings. The van der Waals surface area contributed by atoms with Crippen molar-refractivity contribution in [1.82, 2.24) is 0 Å². The molecular formula is C26H22N2O5. The largest absolute Gasteiger partial charge is 0.479 e. The van der Waals surface area contributed by atoms with Crippen molar-refractivity contribution in [3.8, 4) is 17.6 Å². The van der Waals surface area contributed by atoms with Crippen LogP contribution in [0.15, 0.2) is 59.0 Å². The highest BCUT2D eigenvalue weighted by Gasteiger charge is 2.24. The molecule has 0 aliphatic rings. The molecule has 0 spiro atoms. The van der Waals surface area contributed by atoms with Crippen LogP contribution in [0.3, 0.4) is 0 Å². The van der Waals surface area contributed by atoms with Crippen LogP contribution in [-0.4, -0.2) is 18.5 Å². The molecule has 7 heteroatoms. The molecule has 33 heavy (non-hydrogen) atoms. The van der Waals surface area contributed by atoms with Crippen LogP contribution in [0, 0.1) is 11.3 Å². The summed E-state index contributed by atoms with van der Waals surface area (Å²) in [4.78, 5) is 25.6. The van der Waals surface area contributed by atoms with Crippen molar-refractivity contribution in [1.29, 1.82) is 5.26 Å². The molecular weight excluding hydrogens is 420 g/mol. The van der Waals surface area contributed by atoms with Crippen LogP contribution < -0.4 is 15.2 Å². The van der Waals surface area contributed by atoms with Crippen molar-refractivity contribution >= 4 is 33.6 Å². The number of unbranched alkanes of at least 4 members (excludes halogenated alkanes) is 1. The Morgan fingerprint density at radius 3 is 2.64 bits per heavy atom. The molecule has 7 nitrogen and oxygen atoms in total. The van der Waals surface area contributed by atoms with E-state index >= 15 is 0 Å². The van der Waals surface area contributed by atoms with E-state index in [0.717, 1.165) is 12.8 Å². The van der Waals surface area contributed by atoms with Gasteiger partial charge in [-0.3, -0.25) is 4.79 Å². The Bertz CT molecular complexity index is 1400. The molecule has 0 saturated heterocycles. The van der Waals surface area contributed by atoms with E-state index in [-0.39, 0.29) is 17.9 Å². The number of carbonyl (C=O) groups is 2. The number of esters is 1. The number of furan rings is 1.